The maximum absolute atomic E-state index is 12.0. The number of amides is 2. The minimum atomic E-state index is -0.0265. The lowest BCUT2D eigenvalue weighted by atomic mass is 10.0. The highest BCUT2D eigenvalue weighted by atomic mass is 35.5. The van der Waals surface area contributed by atoms with E-state index >= 15 is 0 Å². The van der Waals surface area contributed by atoms with E-state index in [4.69, 9.17) is 11.6 Å². The van der Waals surface area contributed by atoms with E-state index in [9.17, 15) is 4.79 Å². The Labute approximate surface area is 132 Å². The Kier molecular flexibility index (Phi) is 6.37. The quantitative estimate of drug-likeness (QED) is 0.774. The number of rotatable bonds is 6. The van der Waals surface area contributed by atoms with Gasteiger partial charge in [-0.15, -0.1) is 0 Å². The van der Waals surface area contributed by atoms with Gasteiger partial charge in [0.15, 0.2) is 0 Å². The largest absolute Gasteiger partial charge is 0.338 e. The first kappa shape index (κ1) is 16.2. The van der Waals surface area contributed by atoms with Crippen molar-refractivity contribution < 1.29 is 4.79 Å². The van der Waals surface area contributed by atoms with Gasteiger partial charge in [-0.1, -0.05) is 55.5 Å². The minimum Gasteiger partial charge on any atom is -0.338 e. The van der Waals surface area contributed by atoms with E-state index in [2.05, 4.69) is 5.32 Å². The first-order valence-electron chi connectivity index (χ1n) is 7.89. The standard InChI is InChI=1S/C17H25ClN2O/c1-20(13-15-10-4-5-11-16(15)18)17(21)19-12-6-9-14-7-2-3-8-14/h4-5,10-11,14H,2-3,6-9,12-13H2,1H3,(H,19,21). The second-order valence-electron chi connectivity index (χ2n) is 5.97. The van der Waals surface area contributed by atoms with Crippen molar-refractivity contribution in [1.29, 1.82) is 0 Å². The number of nitrogens with zero attached hydrogens (tertiary/aromatic N) is 1. The number of urea groups is 1. The molecule has 0 bridgehead atoms. The van der Waals surface area contributed by atoms with Crippen LogP contribution in [-0.2, 0) is 6.54 Å². The monoisotopic (exact) mass is 308 g/mol. The van der Waals surface area contributed by atoms with Crippen LogP contribution >= 0.6 is 11.6 Å². The minimum absolute atomic E-state index is 0.0265. The summed E-state index contributed by atoms with van der Waals surface area (Å²) < 4.78 is 0. The van der Waals surface area contributed by atoms with Crippen LogP contribution in [-0.4, -0.2) is 24.5 Å². The Bertz CT molecular complexity index is 458. The van der Waals surface area contributed by atoms with Crippen LogP contribution < -0.4 is 5.32 Å². The van der Waals surface area contributed by atoms with E-state index in [1.165, 1.54) is 32.1 Å². The molecule has 116 valence electrons. The predicted molar refractivity (Wildman–Crippen MR) is 87.5 cm³/mol. The lowest BCUT2D eigenvalue weighted by molar-refractivity contribution is 0.206. The summed E-state index contributed by atoms with van der Waals surface area (Å²) in [4.78, 5) is 13.7. The molecule has 1 aliphatic carbocycles. The molecule has 1 aliphatic rings. The molecule has 2 rings (SSSR count). The number of carbonyl (C=O) groups excluding carboxylic acids is 1. The summed E-state index contributed by atoms with van der Waals surface area (Å²) in [6.07, 6.45) is 7.85. The van der Waals surface area contributed by atoms with Crippen molar-refractivity contribution in [3.63, 3.8) is 0 Å². The molecule has 4 heteroatoms. The zero-order chi connectivity index (χ0) is 15.1. The summed E-state index contributed by atoms with van der Waals surface area (Å²) in [5.74, 6) is 0.891. The maximum Gasteiger partial charge on any atom is 0.317 e. The van der Waals surface area contributed by atoms with Gasteiger partial charge in [0.1, 0.15) is 0 Å². The van der Waals surface area contributed by atoms with Crippen molar-refractivity contribution in [2.75, 3.05) is 13.6 Å². The zero-order valence-electron chi connectivity index (χ0n) is 12.8. The summed E-state index contributed by atoms with van der Waals surface area (Å²) in [6, 6.07) is 7.61. The van der Waals surface area contributed by atoms with Crippen molar-refractivity contribution in [2.45, 2.75) is 45.1 Å². The van der Waals surface area contributed by atoms with Gasteiger partial charge < -0.3 is 10.2 Å². The van der Waals surface area contributed by atoms with E-state index in [1.807, 2.05) is 24.3 Å². The normalized spacial score (nSPS) is 15.1. The fourth-order valence-corrected chi connectivity index (χ4v) is 3.17. The molecule has 1 N–H and O–H groups in total. The van der Waals surface area contributed by atoms with Crippen LogP contribution in [0.25, 0.3) is 0 Å². The molecule has 0 radical (unpaired) electrons. The Morgan fingerprint density at radius 3 is 2.76 bits per heavy atom. The number of hydrogen-bond donors (Lipinski definition) is 1. The molecule has 0 heterocycles. The molecular formula is C17H25ClN2O. The van der Waals surface area contributed by atoms with Gasteiger partial charge in [-0.2, -0.15) is 0 Å². The van der Waals surface area contributed by atoms with Gasteiger partial charge in [0.25, 0.3) is 0 Å². The Hall–Kier alpha value is -1.22. The Morgan fingerprint density at radius 1 is 1.33 bits per heavy atom. The van der Waals surface area contributed by atoms with Crippen molar-refractivity contribution in [3.05, 3.63) is 34.9 Å². The first-order valence-corrected chi connectivity index (χ1v) is 8.27. The second-order valence-corrected chi connectivity index (χ2v) is 6.38. The van der Waals surface area contributed by atoms with Gasteiger partial charge in [-0.25, -0.2) is 4.79 Å². The highest BCUT2D eigenvalue weighted by molar-refractivity contribution is 6.31. The molecule has 0 aliphatic heterocycles. The lowest BCUT2D eigenvalue weighted by Gasteiger charge is -2.19. The summed E-state index contributed by atoms with van der Waals surface area (Å²) in [7, 11) is 1.80. The van der Waals surface area contributed by atoms with Gasteiger partial charge in [0.2, 0.25) is 0 Å². The molecule has 2 amide bonds. The van der Waals surface area contributed by atoms with Gasteiger partial charge in [-0.05, 0) is 30.4 Å². The first-order chi connectivity index (χ1) is 10.2. The lowest BCUT2D eigenvalue weighted by Crippen LogP contribution is -2.37. The molecule has 1 aromatic rings. The van der Waals surface area contributed by atoms with Crippen LogP contribution in [0.3, 0.4) is 0 Å². The van der Waals surface area contributed by atoms with Crippen LogP contribution in [0.2, 0.25) is 5.02 Å². The van der Waals surface area contributed by atoms with Crippen molar-refractivity contribution in [3.8, 4) is 0 Å². The topological polar surface area (TPSA) is 32.3 Å². The average molecular weight is 309 g/mol. The maximum atomic E-state index is 12.0. The van der Waals surface area contributed by atoms with Crippen molar-refractivity contribution in [1.82, 2.24) is 10.2 Å². The predicted octanol–water partition coefficient (Wildman–Crippen LogP) is 4.45. The smallest absolute Gasteiger partial charge is 0.317 e. The molecule has 21 heavy (non-hydrogen) atoms. The highest BCUT2D eigenvalue weighted by Gasteiger charge is 2.15. The van der Waals surface area contributed by atoms with E-state index in [0.29, 0.717) is 11.6 Å². The molecule has 1 fully saturated rings. The number of nitrogens with one attached hydrogen (secondary N) is 1. The fraction of sp³-hybridized carbons (Fsp3) is 0.588. The molecule has 0 unspecified atom stereocenters. The molecule has 0 spiro atoms. The highest BCUT2D eigenvalue weighted by Crippen LogP contribution is 2.28. The van der Waals surface area contributed by atoms with Crippen molar-refractivity contribution >= 4 is 17.6 Å². The summed E-state index contributed by atoms with van der Waals surface area (Å²) in [5.41, 5.74) is 0.975. The number of benzene rings is 1. The van der Waals surface area contributed by atoms with Crippen molar-refractivity contribution in [2.24, 2.45) is 5.92 Å². The van der Waals surface area contributed by atoms with Gasteiger partial charge >= 0.3 is 6.03 Å². The van der Waals surface area contributed by atoms with E-state index < -0.39 is 0 Å². The molecule has 1 saturated carbocycles. The molecule has 0 aromatic heterocycles. The zero-order valence-corrected chi connectivity index (χ0v) is 13.5. The SMILES string of the molecule is CN(Cc1ccccc1Cl)C(=O)NCCCC1CCCC1. The van der Waals surface area contributed by atoms with Gasteiger partial charge in [0, 0.05) is 25.2 Å². The van der Waals surface area contributed by atoms with Gasteiger partial charge in [0.05, 0.1) is 0 Å². The summed E-state index contributed by atoms with van der Waals surface area (Å²) >= 11 is 6.11. The van der Waals surface area contributed by atoms with E-state index in [1.54, 1.807) is 11.9 Å². The third kappa shape index (κ3) is 5.24. The molecule has 1 aromatic carbocycles. The van der Waals surface area contributed by atoms with Crippen LogP contribution in [0.4, 0.5) is 4.79 Å². The third-order valence-corrected chi connectivity index (χ3v) is 4.62. The Balaban J connectivity index is 1.66. The van der Waals surface area contributed by atoms with Crippen LogP contribution in [0.1, 0.15) is 44.1 Å². The number of halogens is 1. The number of hydrogen-bond acceptors (Lipinski definition) is 1. The average Bonchev–Trinajstić information content (AvgIpc) is 2.99. The summed E-state index contributed by atoms with van der Waals surface area (Å²) in [6.45, 7) is 1.30. The molecule has 3 nitrogen and oxygen atoms in total. The van der Waals surface area contributed by atoms with Gasteiger partial charge in [-0.3, -0.25) is 0 Å². The van der Waals surface area contributed by atoms with E-state index in [-0.39, 0.29) is 6.03 Å². The number of carbonyl (C=O) groups is 1. The molecule has 0 saturated heterocycles. The van der Waals surface area contributed by atoms with Crippen LogP contribution in [0.15, 0.2) is 24.3 Å². The third-order valence-electron chi connectivity index (χ3n) is 4.25. The molecule has 0 atom stereocenters. The van der Waals surface area contributed by atoms with E-state index in [0.717, 1.165) is 24.4 Å². The summed E-state index contributed by atoms with van der Waals surface area (Å²) in [5, 5.41) is 3.70. The fourth-order valence-electron chi connectivity index (χ4n) is 2.97. The molecular weight excluding hydrogens is 284 g/mol. The van der Waals surface area contributed by atoms with Crippen LogP contribution in [0.5, 0.6) is 0 Å². The van der Waals surface area contributed by atoms with Crippen LogP contribution in [0, 0.1) is 5.92 Å². The Morgan fingerprint density at radius 2 is 2.05 bits per heavy atom. The second kappa shape index (κ2) is 8.28.